The molecule has 1 atom stereocenters. The van der Waals surface area contributed by atoms with Crippen LogP contribution in [0.5, 0.6) is 0 Å². The number of likely N-dealkylation sites (N-methyl/N-ethyl adjacent to an activating group) is 1. The molecule has 1 N–H and O–H groups in total. The van der Waals surface area contributed by atoms with Gasteiger partial charge in [0.25, 0.3) is 0 Å². The van der Waals surface area contributed by atoms with Crippen LogP contribution in [-0.2, 0) is 6.42 Å². The summed E-state index contributed by atoms with van der Waals surface area (Å²) in [6.45, 7) is 0. The monoisotopic (exact) mass is 237 g/mol. The van der Waals surface area contributed by atoms with E-state index >= 15 is 0 Å². The molecule has 0 amide bonds. The Morgan fingerprint density at radius 2 is 2.12 bits per heavy atom. The van der Waals surface area contributed by atoms with Crippen LogP contribution in [0.15, 0.2) is 41.0 Å². The molecule has 0 aliphatic rings. The molecule has 1 heterocycles. The molecule has 0 saturated heterocycles. The molecule has 0 saturated carbocycles. The van der Waals surface area contributed by atoms with Gasteiger partial charge in [0.2, 0.25) is 0 Å². The molecule has 2 nitrogen and oxygen atoms in total. The van der Waals surface area contributed by atoms with E-state index in [2.05, 4.69) is 5.32 Å². The zero-order valence-electron chi connectivity index (χ0n) is 9.41. The van der Waals surface area contributed by atoms with Gasteiger partial charge in [-0.15, -0.1) is 0 Å². The second kappa shape index (κ2) is 5.10. The molecule has 4 heteroatoms. The number of nitrogens with one attached hydrogen (secondary N) is 1. The SMILES string of the molecule is CNC(Cc1cc(F)ccc1F)c1ccco1. The van der Waals surface area contributed by atoms with Crippen molar-refractivity contribution < 1.29 is 13.2 Å². The molecule has 17 heavy (non-hydrogen) atoms. The van der Waals surface area contributed by atoms with Crippen molar-refractivity contribution in [2.24, 2.45) is 0 Å². The molecule has 0 bridgehead atoms. The van der Waals surface area contributed by atoms with E-state index < -0.39 is 11.6 Å². The third-order valence-corrected chi connectivity index (χ3v) is 2.67. The highest BCUT2D eigenvalue weighted by Gasteiger charge is 2.15. The molecule has 0 aliphatic carbocycles. The Kier molecular flexibility index (Phi) is 3.54. The van der Waals surface area contributed by atoms with Gasteiger partial charge in [0.1, 0.15) is 17.4 Å². The summed E-state index contributed by atoms with van der Waals surface area (Å²) in [6, 6.07) is 6.86. The van der Waals surface area contributed by atoms with E-state index in [4.69, 9.17) is 4.42 Å². The van der Waals surface area contributed by atoms with Crippen molar-refractivity contribution >= 4 is 0 Å². The van der Waals surface area contributed by atoms with Gasteiger partial charge in [0.05, 0.1) is 12.3 Å². The van der Waals surface area contributed by atoms with Crippen LogP contribution >= 0.6 is 0 Å². The Labute approximate surface area is 98.3 Å². The third kappa shape index (κ3) is 2.71. The maximum absolute atomic E-state index is 13.5. The third-order valence-electron chi connectivity index (χ3n) is 2.67. The standard InChI is InChI=1S/C13H13F2NO/c1-16-12(13-3-2-6-17-13)8-9-7-10(14)4-5-11(9)15/h2-7,12,16H,8H2,1H3. The van der Waals surface area contributed by atoms with Gasteiger partial charge in [-0.05, 0) is 49.4 Å². The lowest BCUT2D eigenvalue weighted by Gasteiger charge is -2.14. The van der Waals surface area contributed by atoms with E-state index in [9.17, 15) is 8.78 Å². The van der Waals surface area contributed by atoms with Crippen LogP contribution in [0, 0.1) is 11.6 Å². The van der Waals surface area contributed by atoms with Gasteiger partial charge in [0, 0.05) is 0 Å². The van der Waals surface area contributed by atoms with Crippen molar-refractivity contribution in [3.05, 3.63) is 59.6 Å². The van der Waals surface area contributed by atoms with Crippen molar-refractivity contribution in [1.29, 1.82) is 0 Å². The fourth-order valence-electron chi connectivity index (χ4n) is 1.75. The molecule has 0 radical (unpaired) electrons. The fraction of sp³-hybridized carbons (Fsp3) is 0.231. The number of halogens is 2. The minimum atomic E-state index is -0.435. The molecular formula is C13H13F2NO. The van der Waals surface area contributed by atoms with Crippen molar-refractivity contribution in [1.82, 2.24) is 5.32 Å². The number of furan rings is 1. The summed E-state index contributed by atoms with van der Waals surface area (Å²) < 4.78 is 31.8. The predicted octanol–water partition coefficient (Wildman–Crippen LogP) is 3.06. The summed E-state index contributed by atoms with van der Waals surface area (Å²) in [4.78, 5) is 0. The first-order valence-electron chi connectivity index (χ1n) is 5.35. The topological polar surface area (TPSA) is 25.2 Å². The second-order valence-electron chi connectivity index (χ2n) is 3.80. The lowest BCUT2D eigenvalue weighted by atomic mass is 10.0. The van der Waals surface area contributed by atoms with Crippen molar-refractivity contribution in [3.63, 3.8) is 0 Å². The lowest BCUT2D eigenvalue weighted by Crippen LogP contribution is -2.18. The fourth-order valence-corrected chi connectivity index (χ4v) is 1.75. The highest BCUT2D eigenvalue weighted by Crippen LogP contribution is 2.20. The van der Waals surface area contributed by atoms with E-state index in [1.807, 2.05) is 0 Å². The first-order valence-corrected chi connectivity index (χ1v) is 5.35. The van der Waals surface area contributed by atoms with Crippen molar-refractivity contribution in [3.8, 4) is 0 Å². The first kappa shape index (κ1) is 11.8. The molecule has 2 aromatic rings. The van der Waals surface area contributed by atoms with E-state index in [0.29, 0.717) is 17.7 Å². The molecule has 1 aromatic carbocycles. The van der Waals surface area contributed by atoms with Crippen molar-refractivity contribution in [2.45, 2.75) is 12.5 Å². The quantitative estimate of drug-likeness (QED) is 0.884. The second-order valence-corrected chi connectivity index (χ2v) is 3.80. The molecule has 1 aromatic heterocycles. The van der Waals surface area contributed by atoms with Crippen LogP contribution in [0.3, 0.4) is 0 Å². The van der Waals surface area contributed by atoms with Crippen LogP contribution in [0.1, 0.15) is 17.4 Å². The minimum Gasteiger partial charge on any atom is -0.468 e. The smallest absolute Gasteiger partial charge is 0.126 e. The van der Waals surface area contributed by atoms with Gasteiger partial charge < -0.3 is 9.73 Å². The number of hydrogen-bond acceptors (Lipinski definition) is 2. The average molecular weight is 237 g/mol. The molecule has 90 valence electrons. The number of hydrogen-bond donors (Lipinski definition) is 1. The number of benzene rings is 1. The Balaban J connectivity index is 2.21. The van der Waals surface area contributed by atoms with Crippen LogP contribution in [0.2, 0.25) is 0 Å². The highest BCUT2D eigenvalue weighted by atomic mass is 19.1. The molecule has 0 aliphatic heterocycles. The van der Waals surface area contributed by atoms with Crippen LogP contribution < -0.4 is 5.32 Å². The minimum absolute atomic E-state index is 0.165. The lowest BCUT2D eigenvalue weighted by molar-refractivity contribution is 0.424. The van der Waals surface area contributed by atoms with Gasteiger partial charge in [-0.1, -0.05) is 0 Å². The van der Waals surface area contributed by atoms with Gasteiger partial charge in [-0.2, -0.15) is 0 Å². The number of rotatable bonds is 4. The largest absolute Gasteiger partial charge is 0.468 e. The highest BCUT2D eigenvalue weighted by molar-refractivity contribution is 5.21. The zero-order chi connectivity index (χ0) is 12.3. The molecular weight excluding hydrogens is 224 g/mol. The summed E-state index contributed by atoms with van der Waals surface area (Å²) in [6.07, 6.45) is 1.90. The van der Waals surface area contributed by atoms with Crippen LogP contribution in [0.25, 0.3) is 0 Å². The molecule has 2 rings (SSSR count). The summed E-state index contributed by atoms with van der Waals surface area (Å²) in [7, 11) is 1.75. The molecule has 0 fully saturated rings. The first-order chi connectivity index (χ1) is 8.20. The van der Waals surface area contributed by atoms with E-state index in [-0.39, 0.29) is 6.04 Å². The van der Waals surface area contributed by atoms with Gasteiger partial charge in [0.15, 0.2) is 0 Å². The van der Waals surface area contributed by atoms with Crippen LogP contribution in [-0.4, -0.2) is 7.05 Å². The Morgan fingerprint density at radius 1 is 1.29 bits per heavy atom. The maximum atomic E-state index is 13.5. The Hall–Kier alpha value is -1.68. The summed E-state index contributed by atoms with van der Waals surface area (Å²) in [5, 5.41) is 3.02. The summed E-state index contributed by atoms with van der Waals surface area (Å²) in [5.74, 6) is -0.134. The van der Waals surface area contributed by atoms with E-state index in [0.717, 1.165) is 12.1 Å². The van der Waals surface area contributed by atoms with Gasteiger partial charge in [-0.3, -0.25) is 0 Å². The van der Waals surface area contributed by atoms with Crippen LogP contribution in [0.4, 0.5) is 8.78 Å². The molecule has 1 unspecified atom stereocenters. The van der Waals surface area contributed by atoms with E-state index in [1.54, 1.807) is 25.4 Å². The Morgan fingerprint density at radius 3 is 2.76 bits per heavy atom. The Bertz CT molecular complexity index is 482. The zero-order valence-corrected chi connectivity index (χ0v) is 9.41. The predicted molar refractivity (Wildman–Crippen MR) is 60.6 cm³/mol. The maximum Gasteiger partial charge on any atom is 0.126 e. The van der Waals surface area contributed by atoms with Gasteiger partial charge in [-0.25, -0.2) is 8.78 Å². The molecule has 0 spiro atoms. The summed E-state index contributed by atoms with van der Waals surface area (Å²) in [5.41, 5.74) is 0.334. The average Bonchev–Trinajstić information content (AvgIpc) is 2.84. The normalized spacial score (nSPS) is 12.6. The summed E-state index contributed by atoms with van der Waals surface area (Å²) >= 11 is 0. The van der Waals surface area contributed by atoms with Crippen molar-refractivity contribution in [2.75, 3.05) is 7.05 Å². The van der Waals surface area contributed by atoms with E-state index in [1.165, 1.54) is 6.07 Å². The van der Waals surface area contributed by atoms with Gasteiger partial charge >= 0.3 is 0 Å².